The maximum Gasteiger partial charge on any atom is -0.0163 e. The summed E-state index contributed by atoms with van der Waals surface area (Å²) in [6, 6.07) is 33.0. The Hall–Kier alpha value is -2.04. The van der Waals surface area contributed by atoms with Crippen LogP contribution in [0.1, 0.15) is 20.8 Å². The topological polar surface area (TPSA) is 0 Å². The zero-order valence-corrected chi connectivity index (χ0v) is 15.6. The Bertz CT molecular complexity index is 722. The quantitative estimate of drug-likeness (QED) is 0.603. The molecule has 3 rings (SSSR count). The summed E-state index contributed by atoms with van der Waals surface area (Å²) in [5, 5.41) is 4.24. The summed E-state index contributed by atoms with van der Waals surface area (Å²) in [7, 11) is 0. The highest BCUT2D eigenvalue weighted by Gasteiger charge is 2.27. The molecule has 0 nitrogen and oxygen atoms in total. The van der Waals surface area contributed by atoms with Gasteiger partial charge in [0.1, 0.15) is 0 Å². The van der Waals surface area contributed by atoms with E-state index >= 15 is 0 Å². The molecule has 0 N–H and O–H groups in total. The van der Waals surface area contributed by atoms with Crippen LogP contribution in [0, 0.1) is 5.41 Å². The van der Waals surface area contributed by atoms with Gasteiger partial charge in [-0.15, -0.1) is 0 Å². The summed E-state index contributed by atoms with van der Waals surface area (Å²) in [6.45, 7) is 5.11. The van der Waals surface area contributed by atoms with Crippen molar-refractivity contribution in [3.05, 3.63) is 91.0 Å². The van der Waals surface area contributed by atoms with Crippen LogP contribution in [0.5, 0.6) is 0 Å². The SMILES string of the molecule is CC(C)(C)C=P(c1ccccc1)(c1ccccc1)c1ccccc1. The number of benzene rings is 3. The molecule has 24 heavy (non-hydrogen) atoms. The molecule has 0 spiro atoms. The highest BCUT2D eigenvalue weighted by atomic mass is 31.2. The van der Waals surface area contributed by atoms with Gasteiger partial charge in [0.05, 0.1) is 0 Å². The lowest BCUT2D eigenvalue weighted by atomic mass is 10.0. The zero-order valence-electron chi connectivity index (χ0n) is 14.7. The molecule has 0 saturated heterocycles. The van der Waals surface area contributed by atoms with Crippen molar-refractivity contribution >= 4 is 28.6 Å². The first-order valence-electron chi connectivity index (χ1n) is 8.45. The van der Waals surface area contributed by atoms with Gasteiger partial charge in [-0.1, -0.05) is 118 Å². The molecule has 0 aliphatic rings. The Morgan fingerprint density at radius 2 is 0.833 bits per heavy atom. The van der Waals surface area contributed by atoms with Gasteiger partial charge < -0.3 is 0 Å². The molecule has 0 bridgehead atoms. The van der Waals surface area contributed by atoms with Gasteiger partial charge in [-0.2, -0.15) is 0 Å². The van der Waals surface area contributed by atoms with Crippen LogP contribution >= 0.6 is 6.89 Å². The molecule has 122 valence electrons. The lowest BCUT2D eigenvalue weighted by Crippen LogP contribution is -2.29. The van der Waals surface area contributed by atoms with Gasteiger partial charge in [0.25, 0.3) is 0 Å². The Morgan fingerprint density at radius 3 is 1.08 bits per heavy atom. The molecule has 0 aliphatic heterocycles. The third kappa shape index (κ3) is 3.40. The minimum atomic E-state index is -1.80. The van der Waals surface area contributed by atoms with Crippen molar-refractivity contribution < 1.29 is 0 Å². The van der Waals surface area contributed by atoms with Crippen LogP contribution in [-0.4, -0.2) is 5.80 Å². The van der Waals surface area contributed by atoms with E-state index in [0.717, 1.165) is 0 Å². The first kappa shape index (κ1) is 16.8. The van der Waals surface area contributed by atoms with Crippen LogP contribution in [-0.2, 0) is 0 Å². The predicted molar refractivity (Wildman–Crippen MR) is 111 cm³/mol. The van der Waals surface area contributed by atoms with Crippen LogP contribution in [0.4, 0.5) is 0 Å². The molecule has 1 heteroatoms. The van der Waals surface area contributed by atoms with Gasteiger partial charge in [0, 0.05) is 0 Å². The van der Waals surface area contributed by atoms with Crippen molar-refractivity contribution in [3.63, 3.8) is 0 Å². The van der Waals surface area contributed by atoms with E-state index in [-0.39, 0.29) is 5.41 Å². The monoisotopic (exact) mass is 332 g/mol. The zero-order chi connectivity index (χ0) is 17.0. The molecular formula is C23H25P. The highest BCUT2D eigenvalue weighted by Crippen LogP contribution is 2.45. The van der Waals surface area contributed by atoms with Crippen LogP contribution in [0.15, 0.2) is 91.0 Å². The second-order valence-corrected chi connectivity index (χ2v) is 10.5. The van der Waals surface area contributed by atoms with Gasteiger partial charge in [0.2, 0.25) is 0 Å². The van der Waals surface area contributed by atoms with Crippen LogP contribution < -0.4 is 15.9 Å². The summed E-state index contributed by atoms with van der Waals surface area (Å²) in [6.07, 6.45) is 0. The van der Waals surface area contributed by atoms with Gasteiger partial charge in [-0.25, -0.2) is 0 Å². The van der Waals surface area contributed by atoms with Crippen LogP contribution in [0.25, 0.3) is 0 Å². The fourth-order valence-electron chi connectivity index (χ4n) is 3.24. The predicted octanol–water partition coefficient (Wildman–Crippen LogP) is 4.83. The summed E-state index contributed by atoms with van der Waals surface area (Å²) in [5.74, 6) is 2.60. The Balaban J connectivity index is 2.45. The van der Waals surface area contributed by atoms with Crippen molar-refractivity contribution in [3.8, 4) is 0 Å². The van der Waals surface area contributed by atoms with Gasteiger partial charge in [-0.05, 0) is 28.2 Å². The summed E-state index contributed by atoms with van der Waals surface area (Å²) in [4.78, 5) is 0. The van der Waals surface area contributed by atoms with Crippen molar-refractivity contribution in [2.75, 3.05) is 0 Å². The molecule has 3 aromatic carbocycles. The van der Waals surface area contributed by atoms with E-state index in [2.05, 4.69) is 118 Å². The van der Waals surface area contributed by atoms with Gasteiger partial charge in [0.15, 0.2) is 0 Å². The molecule has 0 aromatic heterocycles. The molecule has 3 aromatic rings. The molecule has 0 aliphatic carbocycles. The number of hydrogen-bond donors (Lipinski definition) is 0. The lowest BCUT2D eigenvalue weighted by molar-refractivity contribution is 0.614. The second-order valence-electron chi connectivity index (χ2n) is 7.22. The average Bonchev–Trinajstić information content (AvgIpc) is 2.61. The Morgan fingerprint density at radius 1 is 0.542 bits per heavy atom. The minimum absolute atomic E-state index is 0.120. The molecule has 0 radical (unpaired) electrons. The Labute approximate surface area is 146 Å². The summed E-state index contributed by atoms with van der Waals surface area (Å²) >= 11 is 0. The lowest BCUT2D eigenvalue weighted by Gasteiger charge is -2.32. The van der Waals surface area contributed by atoms with Gasteiger partial charge in [-0.3, -0.25) is 0 Å². The summed E-state index contributed by atoms with van der Waals surface area (Å²) in [5.41, 5.74) is 0.120. The van der Waals surface area contributed by atoms with Crippen molar-refractivity contribution in [1.29, 1.82) is 0 Å². The third-order valence-electron chi connectivity index (χ3n) is 4.07. The van der Waals surface area contributed by atoms with Gasteiger partial charge >= 0.3 is 0 Å². The molecule has 0 fully saturated rings. The molecular weight excluding hydrogens is 307 g/mol. The minimum Gasteiger partial charge on any atom is -0.0688 e. The highest BCUT2D eigenvalue weighted by molar-refractivity contribution is 7.94. The largest absolute Gasteiger partial charge is 0.0688 e. The van der Waals surface area contributed by atoms with Crippen molar-refractivity contribution in [1.82, 2.24) is 0 Å². The van der Waals surface area contributed by atoms with Crippen LogP contribution in [0.2, 0.25) is 0 Å². The number of rotatable bonds is 3. The maximum absolute atomic E-state index is 2.60. The van der Waals surface area contributed by atoms with E-state index in [1.54, 1.807) is 0 Å². The average molecular weight is 332 g/mol. The standard InChI is InChI=1S/C23H25P/c1-23(2,3)19-24(20-13-7-4-8-14-20,21-15-9-5-10-16-21)22-17-11-6-12-18-22/h4-19H,1-3H3. The first-order chi connectivity index (χ1) is 11.5. The van der Waals surface area contributed by atoms with E-state index in [1.807, 2.05) is 0 Å². The van der Waals surface area contributed by atoms with E-state index < -0.39 is 6.89 Å². The normalized spacial score (nSPS) is 12.0. The summed E-state index contributed by atoms with van der Waals surface area (Å²) < 4.78 is 0. The van der Waals surface area contributed by atoms with E-state index in [0.29, 0.717) is 0 Å². The second kappa shape index (κ2) is 6.83. The smallest absolute Gasteiger partial charge is 0.0163 e. The van der Waals surface area contributed by atoms with Crippen LogP contribution in [0.3, 0.4) is 0 Å². The van der Waals surface area contributed by atoms with E-state index in [9.17, 15) is 0 Å². The van der Waals surface area contributed by atoms with E-state index in [4.69, 9.17) is 0 Å². The molecule has 0 unspecified atom stereocenters. The fraction of sp³-hybridized carbons (Fsp3) is 0.174. The Kier molecular flexibility index (Phi) is 4.78. The third-order valence-corrected chi connectivity index (χ3v) is 8.57. The molecule has 0 saturated carbocycles. The molecule has 0 heterocycles. The maximum atomic E-state index is 2.60. The fourth-order valence-corrected chi connectivity index (χ4v) is 7.67. The molecule has 0 atom stereocenters. The van der Waals surface area contributed by atoms with E-state index in [1.165, 1.54) is 15.9 Å². The molecule has 0 amide bonds. The van der Waals surface area contributed by atoms with Crippen molar-refractivity contribution in [2.24, 2.45) is 5.41 Å². The van der Waals surface area contributed by atoms with Crippen molar-refractivity contribution in [2.45, 2.75) is 20.8 Å². The number of hydrogen-bond acceptors (Lipinski definition) is 0. The first-order valence-corrected chi connectivity index (χ1v) is 10.3.